The van der Waals surface area contributed by atoms with Crippen molar-refractivity contribution in [2.24, 2.45) is 12.8 Å². The number of anilines is 1. The molecule has 0 saturated carbocycles. The molecule has 3 aromatic rings. The predicted octanol–water partition coefficient (Wildman–Crippen LogP) is 2.25. The number of rotatable bonds is 8. The van der Waals surface area contributed by atoms with E-state index in [0.717, 1.165) is 11.3 Å². The Labute approximate surface area is 168 Å². The third-order valence-corrected chi connectivity index (χ3v) is 4.27. The van der Waals surface area contributed by atoms with E-state index in [2.05, 4.69) is 10.4 Å². The second-order valence-electron chi connectivity index (χ2n) is 6.20. The number of carbonyl (C=O) groups excluding carboxylic acids is 2. The van der Waals surface area contributed by atoms with Gasteiger partial charge in [-0.25, -0.2) is 0 Å². The summed E-state index contributed by atoms with van der Waals surface area (Å²) in [6.07, 6.45) is 1.67. The molecule has 0 saturated heterocycles. The minimum absolute atomic E-state index is 0.276. The SMILES string of the molecule is COc1ccc(C(=O)C(=O)Nc2ccc(OCCN)c(-c3ccnn3C)c2)cc1. The molecule has 0 bridgehead atoms. The van der Waals surface area contributed by atoms with Crippen LogP contribution < -0.4 is 20.5 Å². The second-order valence-corrected chi connectivity index (χ2v) is 6.20. The average Bonchev–Trinajstić information content (AvgIpc) is 3.17. The van der Waals surface area contributed by atoms with Gasteiger partial charge in [-0.15, -0.1) is 0 Å². The van der Waals surface area contributed by atoms with E-state index in [0.29, 0.717) is 30.3 Å². The Morgan fingerprint density at radius 2 is 1.90 bits per heavy atom. The van der Waals surface area contributed by atoms with Gasteiger partial charge in [-0.1, -0.05) is 0 Å². The fourth-order valence-electron chi connectivity index (χ4n) is 2.80. The van der Waals surface area contributed by atoms with E-state index in [1.165, 1.54) is 7.11 Å². The van der Waals surface area contributed by atoms with Crippen LogP contribution in [0.15, 0.2) is 54.7 Å². The highest BCUT2D eigenvalue weighted by Gasteiger charge is 2.18. The Morgan fingerprint density at radius 1 is 1.14 bits per heavy atom. The van der Waals surface area contributed by atoms with Crippen LogP contribution >= 0.6 is 0 Å². The van der Waals surface area contributed by atoms with Gasteiger partial charge in [0.25, 0.3) is 11.7 Å². The molecule has 1 amide bonds. The van der Waals surface area contributed by atoms with E-state index >= 15 is 0 Å². The van der Waals surface area contributed by atoms with E-state index in [4.69, 9.17) is 15.2 Å². The molecule has 3 rings (SSSR count). The van der Waals surface area contributed by atoms with E-state index in [1.54, 1.807) is 60.4 Å². The quantitative estimate of drug-likeness (QED) is 0.448. The third kappa shape index (κ3) is 4.61. The molecule has 3 N–H and O–H groups in total. The van der Waals surface area contributed by atoms with E-state index in [1.807, 2.05) is 6.07 Å². The summed E-state index contributed by atoms with van der Waals surface area (Å²) in [6.45, 7) is 0.728. The number of hydrogen-bond acceptors (Lipinski definition) is 6. The minimum Gasteiger partial charge on any atom is -0.497 e. The van der Waals surface area contributed by atoms with Gasteiger partial charge in [-0.3, -0.25) is 14.3 Å². The summed E-state index contributed by atoms with van der Waals surface area (Å²) >= 11 is 0. The number of nitrogens with one attached hydrogen (secondary N) is 1. The van der Waals surface area contributed by atoms with Crippen LogP contribution in [0.3, 0.4) is 0 Å². The maximum atomic E-state index is 12.4. The summed E-state index contributed by atoms with van der Waals surface area (Å²) in [5.41, 5.74) is 7.80. The molecule has 0 fully saturated rings. The first-order chi connectivity index (χ1) is 14.0. The summed E-state index contributed by atoms with van der Waals surface area (Å²) in [6, 6.07) is 13.3. The Hall–Kier alpha value is -3.65. The number of methoxy groups -OCH3 is 1. The first-order valence-corrected chi connectivity index (χ1v) is 8.98. The number of aryl methyl sites for hydroxylation is 1. The number of nitrogens with zero attached hydrogens (tertiary/aromatic N) is 2. The highest BCUT2D eigenvalue weighted by atomic mass is 16.5. The lowest BCUT2D eigenvalue weighted by molar-refractivity contribution is -0.112. The number of ketones is 1. The molecule has 8 heteroatoms. The summed E-state index contributed by atoms with van der Waals surface area (Å²) in [5.74, 6) is -0.158. The minimum atomic E-state index is -0.734. The van der Waals surface area contributed by atoms with Crippen LogP contribution in [0.1, 0.15) is 10.4 Å². The standard InChI is InChI=1S/C21H22N4O4/c1-25-18(9-11-23-25)17-13-15(5-8-19(17)29-12-10-22)24-21(27)20(26)14-3-6-16(28-2)7-4-14/h3-9,11,13H,10,12,22H2,1-2H3,(H,24,27). The van der Waals surface area contributed by atoms with Gasteiger partial charge in [0.1, 0.15) is 18.1 Å². The number of Topliss-reactive ketones (excluding diaryl/α,β-unsaturated/α-hetero) is 1. The van der Waals surface area contributed by atoms with Crippen molar-refractivity contribution < 1.29 is 19.1 Å². The molecule has 1 aromatic heterocycles. The lowest BCUT2D eigenvalue weighted by Gasteiger charge is -2.13. The molecule has 0 aliphatic heterocycles. The zero-order valence-corrected chi connectivity index (χ0v) is 16.2. The van der Waals surface area contributed by atoms with Crippen molar-refractivity contribution in [3.05, 3.63) is 60.3 Å². The number of hydrogen-bond donors (Lipinski definition) is 2. The normalized spacial score (nSPS) is 10.4. The number of carbonyl (C=O) groups is 2. The van der Waals surface area contributed by atoms with Crippen molar-refractivity contribution >= 4 is 17.4 Å². The molecule has 2 aromatic carbocycles. The molecular weight excluding hydrogens is 372 g/mol. The third-order valence-electron chi connectivity index (χ3n) is 4.27. The number of amides is 1. The van der Waals surface area contributed by atoms with Crippen LogP contribution in [-0.2, 0) is 11.8 Å². The molecule has 0 unspecified atom stereocenters. The molecule has 29 heavy (non-hydrogen) atoms. The molecule has 0 aliphatic rings. The maximum absolute atomic E-state index is 12.4. The molecule has 8 nitrogen and oxygen atoms in total. The van der Waals surface area contributed by atoms with Gasteiger partial charge in [0.05, 0.1) is 12.8 Å². The molecule has 0 atom stereocenters. The van der Waals surface area contributed by atoms with Gasteiger partial charge in [0.2, 0.25) is 0 Å². The van der Waals surface area contributed by atoms with Crippen molar-refractivity contribution in [1.82, 2.24) is 9.78 Å². The Kier molecular flexibility index (Phi) is 6.25. The van der Waals surface area contributed by atoms with Crippen molar-refractivity contribution in [3.63, 3.8) is 0 Å². The first kappa shape index (κ1) is 20.1. The molecule has 0 aliphatic carbocycles. The molecule has 0 spiro atoms. The predicted molar refractivity (Wildman–Crippen MR) is 109 cm³/mol. The molecule has 1 heterocycles. The van der Waals surface area contributed by atoms with Crippen molar-refractivity contribution in [2.45, 2.75) is 0 Å². The highest BCUT2D eigenvalue weighted by molar-refractivity contribution is 6.46. The smallest absolute Gasteiger partial charge is 0.296 e. The Morgan fingerprint density at radius 3 is 2.52 bits per heavy atom. The van der Waals surface area contributed by atoms with Crippen LogP contribution in [-0.4, -0.2) is 41.7 Å². The Balaban J connectivity index is 1.83. The van der Waals surface area contributed by atoms with Gasteiger partial charge in [-0.05, 0) is 48.5 Å². The lowest BCUT2D eigenvalue weighted by atomic mass is 10.1. The number of ether oxygens (including phenoxy) is 2. The van der Waals surface area contributed by atoms with Gasteiger partial charge in [0.15, 0.2) is 0 Å². The molecular formula is C21H22N4O4. The van der Waals surface area contributed by atoms with E-state index in [9.17, 15) is 9.59 Å². The summed E-state index contributed by atoms with van der Waals surface area (Å²) in [5, 5.41) is 6.82. The largest absolute Gasteiger partial charge is 0.497 e. The van der Waals surface area contributed by atoms with Crippen LogP contribution in [0.2, 0.25) is 0 Å². The van der Waals surface area contributed by atoms with Crippen molar-refractivity contribution in [1.29, 1.82) is 0 Å². The maximum Gasteiger partial charge on any atom is 0.296 e. The van der Waals surface area contributed by atoms with E-state index in [-0.39, 0.29) is 5.56 Å². The Bertz CT molecular complexity index is 1010. The number of nitrogens with two attached hydrogens (primary N) is 1. The fraction of sp³-hybridized carbons (Fsp3) is 0.190. The molecule has 150 valence electrons. The molecule has 0 radical (unpaired) electrons. The highest BCUT2D eigenvalue weighted by Crippen LogP contribution is 2.32. The van der Waals surface area contributed by atoms with E-state index < -0.39 is 11.7 Å². The first-order valence-electron chi connectivity index (χ1n) is 8.98. The van der Waals surface area contributed by atoms with Crippen LogP contribution in [0, 0.1) is 0 Å². The summed E-state index contributed by atoms with van der Waals surface area (Å²) in [7, 11) is 3.34. The van der Waals surface area contributed by atoms with Crippen molar-refractivity contribution in [3.8, 4) is 22.8 Å². The van der Waals surface area contributed by atoms with Gasteiger partial charge >= 0.3 is 0 Å². The monoisotopic (exact) mass is 394 g/mol. The zero-order chi connectivity index (χ0) is 20.8. The van der Waals surface area contributed by atoms with Gasteiger partial charge in [-0.2, -0.15) is 5.10 Å². The summed E-state index contributed by atoms with van der Waals surface area (Å²) in [4.78, 5) is 24.9. The second kappa shape index (κ2) is 9.03. The zero-order valence-electron chi connectivity index (χ0n) is 16.2. The lowest BCUT2D eigenvalue weighted by Crippen LogP contribution is -2.22. The number of benzene rings is 2. The van der Waals surface area contributed by atoms with Crippen LogP contribution in [0.4, 0.5) is 5.69 Å². The summed E-state index contributed by atoms with van der Waals surface area (Å²) < 4.78 is 12.5. The average molecular weight is 394 g/mol. The van der Waals surface area contributed by atoms with Crippen LogP contribution in [0.25, 0.3) is 11.3 Å². The van der Waals surface area contributed by atoms with Gasteiger partial charge in [0, 0.05) is 36.6 Å². The fourth-order valence-corrected chi connectivity index (χ4v) is 2.80. The van der Waals surface area contributed by atoms with Gasteiger partial charge < -0.3 is 20.5 Å². The van der Waals surface area contributed by atoms with Crippen molar-refractivity contribution in [2.75, 3.05) is 25.6 Å². The van der Waals surface area contributed by atoms with Crippen LogP contribution in [0.5, 0.6) is 11.5 Å². The topological polar surface area (TPSA) is 108 Å². The number of aromatic nitrogens is 2.